The monoisotopic (exact) mass is 412 g/mol. The molecule has 160 valence electrons. The fraction of sp³-hybridized carbons (Fsp3) is 0.714. The van der Waals surface area contributed by atoms with E-state index in [-0.39, 0.29) is 11.5 Å². The highest BCUT2D eigenvalue weighted by Crippen LogP contribution is 2.31. The summed E-state index contributed by atoms with van der Waals surface area (Å²) in [5.74, 6) is 0.518. The second-order valence-corrected chi connectivity index (χ2v) is 7.66. The summed E-state index contributed by atoms with van der Waals surface area (Å²) in [5.41, 5.74) is 0. The molecule has 0 aliphatic carbocycles. The van der Waals surface area contributed by atoms with Gasteiger partial charge in [0, 0.05) is 23.8 Å². The summed E-state index contributed by atoms with van der Waals surface area (Å²) in [6, 6.07) is 0. The number of nitrogens with one attached hydrogen (secondary N) is 2. The van der Waals surface area contributed by atoms with Crippen molar-refractivity contribution in [3.05, 3.63) is 10.8 Å². The number of rotatable bonds is 15. The Morgan fingerprint density at radius 1 is 0.714 bits per heavy atom. The lowest BCUT2D eigenvalue weighted by Crippen LogP contribution is -2.29. The zero-order chi connectivity index (χ0) is 20.5. The normalized spacial score (nSPS) is 10.5. The predicted molar refractivity (Wildman–Crippen MR) is 115 cm³/mol. The molecule has 0 atom stereocenters. The van der Waals surface area contributed by atoms with Crippen molar-refractivity contribution in [3.63, 3.8) is 0 Å². The van der Waals surface area contributed by atoms with E-state index in [1.165, 1.54) is 62.7 Å². The van der Waals surface area contributed by atoms with Gasteiger partial charge in [-0.25, -0.2) is 9.59 Å². The number of carbonyl (C=O) groups excluding carboxylic acids is 2. The molecule has 0 aromatic carbocycles. The van der Waals surface area contributed by atoms with Crippen molar-refractivity contribution in [1.82, 2.24) is 10.6 Å². The molecule has 1 aromatic rings. The summed E-state index contributed by atoms with van der Waals surface area (Å²) in [5, 5.41) is 8.64. The largest absolute Gasteiger partial charge is 0.412 e. The van der Waals surface area contributed by atoms with Gasteiger partial charge in [-0.15, -0.1) is 11.3 Å². The van der Waals surface area contributed by atoms with Gasteiger partial charge in [0.05, 0.1) is 0 Å². The third kappa shape index (κ3) is 11.8. The molecule has 2 N–H and O–H groups in total. The van der Waals surface area contributed by atoms with Gasteiger partial charge in [0.15, 0.2) is 11.5 Å². The molecule has 1 rings (SSSR count). The molecule has 0 aliphatic heterocycles. The lowest BCUT2D eigenvalue weighted by molar-refractivity contribution is 0.190. The topological polar surface area (TPSA) is 76.7 Å². The van der Waals surface area contributed by atoms with Crippen molar-refractivity contribution in [2.75, 3.05) is 13.1 Å². The van der Waals surface area contributed by atoms with Crippen LogP contribution >= 0.6 is 11.3 Å². The summed E-state index contributed by atoms with van der Waals surface area (Å²) in [6.45, 7) is 5.33. The molecule has 0 aliphatic rings. The van der Waals surface area contributed by atoms with Gasteiger partial charge >= 0.3 is 12.2 Å². The number of hydrogen-bond donors (Lipinski definition) is 2. The van der Waals surface area contributed by atoms with Crippen molar-refractivity contribution in [1.29, 1.82) is 0 Å². The van der Waals surface area contributed by atoms with Crippen molar-refractivity contribution in [3.8, 4) is 11.5 Å². The molecule has 0 saturated heterocycles. The highest BCUT2D eigenvalue weighted by molar-refractivity contribution is 7.08. The number of carbonyl (C=O) groups is 2. The molecule has 7 heteroatoms. The lowest BCUT2D eigenvalue weighted by atomic mass is 10.1. The van der Waals surface area contributed by atoms with Crippen LogP contribution < -0.4 is 20.1 Å². The van der Waals surface area contributed by atoms with Crippen LogP contribution in [0.1, 0.15) is 84.5 Å². The first-order valence-electron chi connectivity index (χ1n) is 10.6. The van der Waals surface area contributed by atoms with E-state index in [9.17, 15) is 9.59 Å². The van der Waals surface area contributed by atoms with Gasteiger partial charge in [0.2, 0.25) is 0 Å². The predicted octanol–water partition coefficient (Wildman–Crippen LogP) is 6.26. The van der Waals surface area contributed by atoms with Crippen molar-refractivity contribution in [2.24, 2.45) is 0 Å². The summed E-state index contributed by atoms with van der Waals surface area (Å²) in [7, 11) is 0. The van der Waals surface area contributed by atoms with E-state index < -0.39 is 12.2 Å². The molecule has 1 heterocycles. The fourth-order valence-corrected chi connectivity index (χ4v) is 3.37. The highest BCUT2D eigenvalue weighted by Gasteiger charge is 2.14. The summed E-state index contributed by atoms with van der Waals surface area (Å²) >= 11 is 1.31. The van der Waals surface area contributed by atoms with Gasteiger partial charge in [-0.1, -0.05) is 71.6 Å². The fourth-order valence-electron chi connectivity index (χ4n) is 2.72. The minimum atomic E-state index is -0.545. The summed E-state index contributed by atoms with van der Waals surface area (Å²) < 4.78 is 10.4. The van der Waals surface area contributed by atoms with E-state index in [1.807, 2.05) is 6.92 Å². The minimum absolute atomic E-state index is 0.257. The van der Waals surface area contributed by atoms with E-state index >= 15 is 0 Å². The van der Waals surface area contributed by atoms with Gasteiger partial charge in [0.25, 0.3) is 0 Å². The molecule has 0 fully saturated rings. The number of hydrogen-bond acceptors (Lipinski definition) is 5. The Morgan fingerprint density at radius 3 is 1.68 bits per heavy atom. The molecule has 1 aromatic heterocycles. The molecule has 0 bridgehead atoms. The number of amides is 2. The zero-order valence-electron chi connectivity index (χ0n) is 17.4. The summed E-state index contributed by atoms with van der Waals surface area (Å²) in [6.07, 6.45) is 12.3. The maximum atomic E-state index is 11.9. The highest BCUT2D eigenvalue weighted by atomic mass is 32.1. The van der Waals surface area contributed by atoms with Crippen LogP contribution in [0.5, 0.6) is 11.5 Å². The van der Waals surface area contributed by atoms with Crippen molar-refractivity contribution < 1.29 is 19.1 Å². The maximum Gasteiger partial charge on any atom is 0.412 e. The Morgan fingerprint density at radius 2 is 1.18 bits per heavy atom. The van der Waals surface area contributed by atoms with Gasteiger partial charge in [-0.3, -0.25) is 0 Å². The van der Waals surface area contributed by atoms with E-state index in [2.05, 4.69) is 17.6 Å². The smallest absolute Gasteiger partial charge is 0.405 e. The van der Waals surface area contributed by atoms with Crippen LogP contribution in [-0.4, -0.2) is 25.3 Å². The Labute approximate surface area is 173 Å². The molecule has 0 unspecified atom stereocenters. The van der Waals surface area contributed by atoms with Gasteiger partial charge < -0.3 is 20.1 Å². The van der Waals surface area contributed by atoms with Crippen LogP contribution in [0.3, 0.4) is 0 Å². The molecule has 2 amide bonds. The number of ether oxygens (including phenoxy) is 2. The molecule has 28 heavy (non-hydrogen) atoms. The van der Waals surface area contributed by atoms with Gasteiger partial charge in [0.1, 0.15) is 0 Å². The van der Waals surface area contributed by atoms with Gasteiger partial charge in [-0.05, 0) is 12.8 Å². The van der Waals surface area contributed by atoms with Crippen molar-refractivity contribution in [2.45, 2.75) is 84.5 Å². The Balaban J connectivity index is 2.08. The van der Waals surface area contributed by atoms with Crippen LogP contribution in [0.4, 0.5) is 9.59 Å². The van der Waals surface area contributed by atoms with E-state index in [0.717, 1.165) is 19.3 Å². The van der Waals surface area contributed by atoms with Crippen molar-refractivity contribution >= 4 is 23.5 Å². The molecular weight excluding hydrogens is 376 g/mol. The SMILES string of the molecule is CCCCCCCCCCCCNC(=O)Oc1cscc1OC(=O)NCCC. The Kier molecular flexibility index (Phi) is 14.1. The van der Waals surface area contributed by atoms with Gasteiger partial charge in [-0.2, -0.15) is 0 Å². The quantitative estimate of drug-likeness (QED) is 0.334. The summed E-state index contributed by atoms with van der Waals surface area (Å²) in [4.78, 5) is 23.5. The van der Waals surface area contributed by atoms with Crippen LogP contribution in [0.2, 0.25) is 0 Å². The number of unbranched alkanes of at least 4 members (excludes halogenated alkanes) is 9. The standard InChI is InChI=1S/C21H36N2O4S/c1-3-5-6-7-8-9-10-11-12-13-15-23-21(25)27-19-17-28-16-18(19)26-20(24)22-14-4-2/h16-17H,3-15H2,1-2H3,(H,22,24)(H,23,25). The molecule has 6 nitrogen and oxygen atoms in total. The lowest BCUT2D eigenvalue weighted by Gasteiger charge is -2.08. The van der Waals surface area contributed by atoms with E-state index in [1.54, 1.807) is 10.8 Å². The second-order valence-electron chi connectivity index (χ2n) is 6.91. The molecule has 0 saturated carbocycles. The zero-order valence-corrected chi connectivity index (χ0v) is 18.2. The molecule has 0 radical (unpaired) electrons. The Bertz CT molecular complexity index is 548. The van der Waals surface area contributed by atoms with Crippen LogP contribution in [0, 0.1) is 0 Å². The first-order valence-corrected chi connectivity index (χ1v) is 11.6. The molecular formula is C21H36N2O4S. The first-order chi connectivity index (χ1) is 13.7. The van der Waals surface area contributed by atoms with E-state index in [0.29, 0.717) is 13.1 Å². The second kappa shape index (κ2) is 16.2. The van der Waals surface area contributed by atoms with Crippen LogP contribution in [0.25, 0.3) is 0 Å². The van der Waals surface area contributed by atoms with E-state index in [4.69, 9.17) is 9.47 Å². The first kappa shape index (κ1) is 24.3. The third-order valence-corrected chi connectivity index (χ3v) is 5.02. The third-order valence-electron chi connectivity index (χ3n) is 4.32. The molecule has 0 spiro atoms. The maximum absolute atomic E-state index is 11.9. The van der Waals surface area contributed by atoms with Crippen LogP contribution in [0.15, 0.2) is 10.8 Å². The van der Waals surface area contributed by atoms with Crippen LogP contribution in [-0.2, 0) is 0 Å². The average molecular weight is 413 g/mol. The Hall–Kier alpha value is -1.76. The number of thiophene rings is 1. The average Bonchev–Trinajstić information content (AvgIpc) is 3.10. The minimum Gasteiger partial charge on any atom is -0.405 e.